The normalized spacial score (nSPS) is 15.1. The predicted molar refractivity (Wildman–Crippen MR) is 40.4 cm³/mol. The first-order valence-corrected chi connectivity index (χ1v) is 3.36. The third kappa shape index (κ3) is 1.53. The molecule has 0 spiro atoms. The van der Waals surface area contributed by atoms with Crippen molar-refractivity contribution in [1.82, 2.24) is 0 Å². The van der Waals surface area contributed by atoms with Gasteiger partial charge in [-0.2, -0.15) is 0 Å². The minimum atomic E-state index is -0.995. The second-order valence-corrected chi connectivity index (χ2v) is 2.36. The summed E-state index contributed by atoms with van der Waals surface area (Å²) in [7, 11) is 1.27. The maximum absolute atomic E-state index is 10.9. The first-order valence-electron chi connectivity index (χ1n) is 3.36. The first-order chi connectivity index (χ1) is 5.65. The zero-order valence-electron chi connectivity index (χ0n) is 6.53. The smallest absolute Gasteiger partial charge is 0.334 e. The molecule has 0 aromatic rings. The highest BCUT2D eigenvalue weighted by atomic mass is 16.5. The molecule has 12 heavy (non-hydrogen) atoms. The summed E-state index contributed by atoms with van der Waals surface area (Å²) in [6, 6.07) is 0. The highest BCUT2D eigenvalue weighted by Gasteiger charge is 2.19. The monoisotopic (exact) mass is 168 g/mol. The zero-order chi connectivity index (χ0) is 9.14. The molecule has 0 aliphatic heterocycles. The molecular formula is C8H8O4. The van der Waals surface area contributed by atoms with E-state index in [2.05, 4.69) is 4.74 Å². The van der Waals surface area contributed by atoms with Gasteiger partial charge in [0.2, 0.25) is 0 Å². The highest BCUT2D eigenvalue weighted by Crippen LogP contribution is 2.19. The van der Waals surface area contributed by atoms with Crippen LogP contribution in [0.25, 0.3) is 0 Å². The van der Waals surface area contributed by atoms with Crippen LogP contribution in [0, 0.1) is 0 Å². The fraction of sp³-hybridized carbons (Fsp3) is 0.250. The minimum absolute atomic E-state index is 0.155. The lowest BCUT2D eigenvalue weighted by atomic mass is 10.1. The first kappa shape index (κ1) is 8.52. The van der Waals surface area contributed by atoms with E-state index in [1.165, 1.54) is 19.3 Å². The molecule has 1 rings (SSSR count). The predicted octanol–water partition coefficient (Wildman–Crippen LogP) is 0.500. The van der Waals surface area contributed by atoms with Gasteiger partial charge in [-0.1, -0.05) is 12.2 Å². The van der Waals surface area contributed by atoms with E-state index in [0.29, 0.717) is 5.57 Å². The molecule has 0 fully saturated rings. The number of carboxylic acids is 1. The van der Waals surface area contributed by atoms with Crippen LogP contribution in [-0.4, -0.2) is 24.2 Å². The van der Waals surface area contributed by atoms with Gasteiger partial charge in [0.1, 0.15) is 0 Å². The van der Waals surface area contributed by atoms with Crippen molar-refractivity contribution in [2.45, 2.75) is 6.42 Å². The SMILES string of the molecule is COC(=O)C1=CC=C(C(=O)O)C1. The number of hydrogen-bond acceptors (Lipinski definition) is 3. The zero-order valence-corrected chi connectivity index (χ0v) is 6.53. The summed E-state index contributed by atoms with van der Waals surface area (Å²) in [6.07, 6.45) is 3.03. The van der Waals surface area contributed by atoms with E-state index < -0.39 is 11.9 Å². The lowest BCUT2D eigenvalue weighted by Crippen LogP contribution is -2.05. The van der Waals surface area contributed by atoms with Gasteiger partial charge in [-0.05, 0) is 0 Å². The van der Waals surface area contributed by atoms with E-state index in [-0.39, 0.29) is 12.0 Å². The van der Waals surface area contributed by atoms with Gasteiger partial charge in [0, 0.05) is 17.6 Å². The topological polar surface area (TPSA) is 63.6 Å². The molecule has 0 radical (unpaired) electrons. The number of hydrogen-bond donors (Lipinski definition) is 1. The third-order valence-corrected chi connectivity index (χ3v) is 1.59. The fourth-order valence-corrected chi connectivity index (χ4v) is 0.942. The molecule has 0 saturated heterocycles. The van der Waals surface area contributed by atoms with E-state index in [9.17, 15) is 9.59 Å². The van der Waals surface area contributed by atoms with Crippen LogP contribution in [0.3, 0.4) is 0 Å². The third-order valence-electron chi connectivity index (χ3n) is 1.59. The maximum atomic E-state index is 10.9. The summed E-state index contributed by atoms with van der Waals surface area (Å²) in [5, 5.41) is 8.53. The van der Waals surface area contributed by atoms with Gasteiger partial charge in [0.15, 0.2) is 0 Å². The van der Waals surface area contributed by atoms with Gasteiger partial charge >= 0.3 is 11.9 Å². The second kappa shape index (κ2) is 3.21. The molecule has 0 saturated carbocycles. The van der Waals surface area contributed by atoms with E-state index >= 15 is 0 Å². The van der Waals surface area contributed by atoms with Crippen LogP contribution in [0.15, 0.2) is 23.3 Å². The molecule has 1 aliphatic carbocycles. The van der Waals surface area contributed by atoms with Crippen LogP contribution in [0.1, 0.15) is 6.42 Å². The van der Waals surface area contributed by atoms with Gasteiger partial charge in [-0.15, -0.1) is 0 Å². The van der Waals surface area contributed by atoms with E-state index in [0.717, 1.165) is 0 Å². The van der Waals surface area contributed by atoms with Crippen molar-refractivity contribution >= 4 is 11.9 Å². The van der Waals surface area contributed by atoms with Crippen LogP contribution in [0.5, 0.6) is 0 Å². The molecule has 1 N–H and O–H groups in total. The Kier molecular flexibility index (Phi) is 2.28. The van der Waals surface area contributed by atoms with Gasteiger partial charge in [0.05, 0.1) is 7.11 Å². The average Bonchev–Trinajstić information content (AvgIpc) is 2.51. The Bertz CT molecular complexity index is 285. The molecule has 0 aromatic heterocycles. The van der Waals surface area contributed by atoms with Gasteiger partial charge in [-0.3, -0.25) is 0 Å². The standard InChI is InChI=1S/C8H8O4/c1-12-8(11)6-3-2-5(4-6)7(9)10/h2-3H,4H2,1H3,(H,9,10). The van der Waals surface area contributed by atoms with Crippen molar-refractivity contribution in [3.05, 3.63) is 23.3 Å². The molecule has 0 unspecified atom stereocenters. The summed E-state index contributed by atoms with van der Waals surface area (Å²) in [6.45, 7) is 0. The molecule has 1 aliphatic rings. The van der Waals surface area contributed by atoms with Crippen LogP contribution in [-0.2, 0) is 14.3 Å². The Hall–Kier alpha value is -1.58. The maximum Gasteiger partial charge on any atom is 0.334 e. The van der Waals surface area contributed by atoms with E-state index in [4.69, 9.17) is 5.11 Å². The molecule has 64 valence electrons. The molecule has 0 atom stereocenters. The van der Waals surface area contributed by atoms with E-state index in [1.54, 1.807) is 0 Å². The molecule has 0 aromatic carbocycles. The van der Waals surface area contributed by atoms with Crippen molar-refractivity contribution in [1.29, 1.82) is 0 Å². The average molecular weight is 168 g/mol. The summed E-state index contributed by atoms with van der Waals surface area (Å²) in [5.41, 5.74) is 0.602. The number of aliphatic carboxylic acids is 1. The lowest BCUT2D eigenvalue weighted by Gasteiger charge is -1.98. The second-order valence-electron chi connectivity index (χ2n) is 2.36. The molecule has 4 nitrogen and oxygen atoms in total. The van der Waals surface area contributed by atoms with Crippen molar-refractivity contribution in [3.63, 3.8) is 0 Å². The molecule has 4 heteroatoms. The van der Waals surface area contributed by atoms with Crippen LogP contribution < -0.4 is 0 Å². The number of esters is 1. The largest absolute Gasteiger partial charge is 0.478 e. The number of carbonyl (C=O) groups excluding carboxylic acids is 1. The number of carbonyl (C=O) groups is 2. The van der Waals surface area contributed by atoms with Gasteiger partial charge in [-0.25, -0.2) is 9.59 Å². The lowest BCUT2D eigenvalue weighted by molar-refractivity contribution is -0.136. The number of rotatable bonds is 2. The van der Waals surface area contributed by atoms with Crippen molar-refractivity contribution in [2.75, 3.05) is 7.11 Å². The van der Waals surface area contributed by atoms with Crippen LogP contribution in [0.2, 0.25) is 0 Å². The number of allylic oxidation sites excluding steroid dienone is 2. The van der Waals surface area contributed by atoms with Gasteiger partial charge < -0.3 is 9.84 Å². The summed E-state index contributed by atoms with van der Waals surface area (Å²) in [4.78, 5) is 21.3. The minimum Gasteiger partial charge on any atom is -0.478 e. The Morgan fingerprint density at radius 2 is 2.00 bits per heavy atom. The Balaban J connectivity index is 2.62. The van der Waals surface area contributed by atoms with Crippen LogP contribution >= 0.6 is 0 Å². The number of carboxylic acid groups (broad SMARTS) is 1. The van der Waals surface area contributed by atoms with Crippen LogP contribution in [0.4, 0.5) is 0 Å². The fourth-order valence-electron chi connectivity index (χ4n) is 0.942. The molecule has 0 amide bonds. The molecule has 0 bridgehead atoms. The summed E-state index contributed by atoms with van der Waals surface area (Å²) in [5.74, 6) is -1.47. The molecule has 0 heterocycles. The summed E-state index contributed by atoms with van der Waals surface area (Å²) < 4.78 is 4.43. The van der Waals surface area contributed by atoms with Crippen molar-refractivity contribution in [2.24, 2.45) is 0 Å². The number of ether oxygens (including phenoxy) is 1. The van der Waals surface area contributed by atoms with Gasteiger partial charge in [0.25, 0.3) is 0 Å². The Labute approximate surface area is 69.1 Å². The highest BCUT2D eigenvalue weighted by molar-refractivity contribution is 5.96. The quantitative estimate of drug-likeness (QED) is 0.610. The van der Waals surface area contributed by atoms with Crippen molar-refractivity contribution in [3.8, 4) is 0 Å². The summed E-state index contributed by atoms with van der Waals surface area (Å²) >= 11 is 0. The number of methoxy groups -OCH3 is 1. The molecular weight excluding hydrogens is 160 g/mol. The van der Waals surface area contributed by atoms with Crippen molar-refractivity contribution < 1.29 is 19.4 Å². The Morgan fingerprint density at radius 3 is 2.42 bits per heavy atom. The van der Waals surface area contributed by atoms with E-state index in [1.807, 2.05) is 0 Å². The Morgan fingerprint density at radius 1 is 1.42 bits per heavy atom.